The maximum atomic E-state index is 7.57. The third-order valence-corrected chi connectivity index (χ3v) is 0.500. The fraction of sp³-hybridized carbons (Fsp3) is 1.00. The van der Waals surface area contributed by atoms with Crippen molar-refractivity contribution in [3.8, 4) is 0 Å². The van der Waals surface area contributed by atoms with E-state index >= 15 is 0 Å². The van der Waals surface area contributed by atoms with Crippen LogP contribution in [-0.2, 0) is 0 Å². The first kappa shape index (κ1) is 16.5. The van der Waals surface area contributed by atoms with E-state index in [4.69, 9.17) is 5.11 Å². The molecule has 0 rings (SSSR count). The normalized spacial score (nSPS) is 6.60. The number of aliphatic hydroxyl groups is 1. The quantitative estimate of drug-likeness (QED) is 0.594. The van der Waals surface area contributed by atoms with Crippen molar-refractivity contribution in [2.24, 2.45) is 0 Å². The first-order chi connectivity index (χ1) is 4.74. The summed E-state index contributed by atoms with van der Waals surface area (Å²) in [5, 5.41) is 10.3. The smallest absolute Gasteiger partial charge is 0.0402 e. The monoisotopic (exact) mass is 149 g/mol. The number of rotatable bonds is 1. The Morgan fingerprint density at radius 1 is 1.00 bits per heavy atom. The van der Waals surface area contributed by atoms with Crippen LogP contribution >= 0.6 is 0 Å². The second kappa shape index (κ2) is 36.4. The van der Waals surface area contributed by atoms with E-state index in [-0.39, 0.29) is 6.61 Å². The Bertz CT molecular complexity index is 21.2. The molecule has 0 aromatic heterocycles. The van der Waals surface area contributed by atoms with Gasteiger partial charge in [-0.1, -0.05) is 26.7 Å². The van der Waals surface area contributed by atoms with Crippen LogP contribution in [0.4, 0.5) is 0 Å². The fourth-order valence-corrected chi connectivity index (χ4v) is 0. The van der Waals surface area contributed by atoms with Crippen LogP contribution in [0.15, 0.2) is 0 Å². The van der Waals surface area contributed by atoms with E-state index in [2.05, 4.69) is 19.2 Å². The van der Waals surface area contributed by atoms with Gasteiger partial charge < -0.3 is 10.4 Å². The van der Waals surface area contributed by atoms with Crippen LogP contribution in [0.1, 0.15) is 33.6 Å². The van der Waals surface area contributed by atoms with Crippen molar-refractivity contribution in [1.29, 1.82) is 0 Å². The zero-order valence-corrected chi connectivity index (χ0v) is 8.07. The summed E-state index contributed by atoms with van der Waals surface area (Å²) in [5.41, 5.74) is 0. The van der Waals surface area contributed by atoms with Gasteiger partial charge in [-0.2, -0.15) is 0 Å². The Hall–Kier alpha value is -0.0800. The van der Waals surface area contributed by atoms with Crippen LogP contribution in [0.25, 0.3) is 0 Å². The number of hydrogen-bond acceptors (Lipinski definition) is 2. The first-order valence-electron chi connectivity index (χ1n) is 3.94. The maximum Gasteiger partial charge on any atom is 0.0402 e. The van der Waals surface area contributed by atoms with Crippen LogP contribution in [0, 0.1) is 0 Å². The van der Waals surface area contributed by atoms with E-state index < -0.39 is 0 Å². The van der Waals surface area contributed by atoms with Gasteiger partial charge in [-0.3, -0.25) is 0 Å². The average molecular weight is 149 g/mol. The number of hydrogen-bond donors (Lipinski definition) is 2. The molecule has 0 spiro atoms. The lowest BCUT2D eigenvalue weighted by Crippen LogP contribution is -1.89. The summed E-state index contributed by atoms with van der Waals surface area (Å²) in [6, 6.07) is 0. The molecule has 0 bridgehead atoms. The Morgan fingerprint density at radius 2 is 1.10 bits per heavy atom. The molecule has 66 valence electrons. The van der Waals surface area contributed by atoms with Crippen molar-refractivity contribution >= 4 is 0 Å². The standard InChI is InChI=1S/C4H10.C2H7N.C2H6O/c1-3-4-2;1-3-2;1-2-3/h3-4H2,1-2H3;3H,1-2H3;3H,2H2,1H3. The maximum absolute atomic E-state index is 7.57. The van der Waals surface area contributed by atoms with Gasteiger partial charge >= 0.3 is 0 Å². The average Bonchev–Trinajstić information content (AvgIpc) is 1.91. The van der Waals surface area contributed by atoms with Gasteiger partial charge in [0.15, 0.2) is 0 Å². The third-order valence-electron chi connectivity index (χ3n) is 0.500. The molecule has 0 aliphatic carbocycles. The Morgan fingerprint density at radius 3 is 1.10 bits per heavy atom. The summed E-state index contributed by atoms with van der Waals surface area (Å²) in [4.78, 5) is 0. The fourth-order valence-electron chi connectivity index (χ4n) is 0. The topological polar surface area (TPSA) is 32.3 Å². The van der Waals surface area contributed by atoms with Crippen molar-refractivity contribution in [2.45, 2.75) is 33.6 Å². The van der Waals surface area contributed by atoms with E-state index in [1.54, 1.807) is 6.92 Å². The third kappa shape index (κ3) is 448. The minimum atomic E-state index is 0.250. The summed E-state index contributed by atoms with van der Waals surface area (Å²) >= 11 is 0. The van der Waals surface area contributed by atoms with Gasteiger partial charge in [-0.05, 0) is 21.0 Å². The highest BCUT2D eigenvalue weighted by molar-refractivity contribution is 4.12. The molecule has 2 heteroatoms. The van der Waals surface area contributed by atoms with Crippen LogP contribution in [0.5, 0.6) is 0 Å². The highest BCUT2D eigenvalue weighted by atomic mass is 16.2. The molecule has 0 atom stereocenters. The molecule has 0 amide bonds. The number of aliphatic hydroxyl groups excluding tert-OH is 1. The number of nitrogens with one attached hydrogen (secondary N) is 1. The van der Waals surface area contributed by atoms with Crippen molar-refractivity contribution in [1.82, 2.24) is 5.32 Å². The minimum Gasteiger partial charge on any atom is -0.397 e. The summed E-state index contributed by atoms with van der Waals surface area (Å²) in [7, 11) is 3.75. The number of unbranched alkanes of at least 4 members (excludes halogenated alkanes) is 1. The lowest BCUT2D eigenvalue weighted by Gasteiger charge is -1.68. The van der Waals surface area contributed by atoms with Gasteiger partial charge in [0, 0.05) is 6.61 Å². The predicted molar refractivity (Wildman–Crippen MR) is 48.3 cm³/mol. The molecule has 10 heavy (non-hydrogen) atoms. The van der Waals surface area contributed by atoms with E-state index in [1.807, 2.05) is 14.1 Å². The molecule has 2 N–H and O–H groups in total. The summed E-state index contributed by atoms with van der Waals surface area (Å²) in [6.45, 7) is 6.29. The van der Waals surface area contributed by atoms with E-state index in [0.29, 0.717) is 0 Å². The van der Waals surface area contributed by atoms with Crippen LogP contribution in [0.2, 0.25) is 0 Å². The molecule has 0 heterocycles. The van der Waals surface area contributed by atoms with Crippen LogP contribution in [-0.4, -0.2) is 25.8 Å². The molecule has 0 unspecified atom stereocenters. The lowest BCUT2D eigenvalue weighted by atomic mass is 10.4. The molecule has 0 aliphatic rings. The molecule has 0 aliphatic heterocycles. The highest BCUT2D eigenvalue weighted by Crippen LogP contribution is 1.76. The van der Waals surface area contributed by atoms with Gasteiger partial charge in [0.2, 0.25) is 0 Å². The van der Waals surface area contributed by atoms with E-state index in [9.17, 15) is 0 Å². The Labute approximate surface area is 65.6 Å². The Balaban J connectivity index is -0.0000000750. The molecule has 0 aromatic rings. The predicted octanol–water partition coefficient (Wildman–Crippen LogP) is 1.64. The van der Waals surface area contributed by atoms with Crippen molar-refractivity contribution in [3.63, 3.8) is 0 Å². The van der Waals surface area contributed by atoms with Gasteiger partial charge in [-0.25, -0.2) is 0 Å². The summed E-state index contributed by atoms with van der Waals surface area (Å²) in [6.07, 6.45) is 2.64. The first-order valence-corrected chi connectivity index (χ1v) is 3.94. The molecular formula is C8H23NO. The second-order valence-corrected chi connectivity index (χ2v) is 1.82. The van der Waals surface area contributed by atoms with Crippen LogP contribution < -0.4 is 5.32 Å². The minimum absolute atomic E-state index is 0.250. The van der Waals surface area contributed by atoms with Crippen LogP contribution in [0.3, 0.4) is 0 Å². The largest absolute Gasteiger partial charge is 0.397 e. The zero-order valence-electron chi connectivity index (χ0n) is 8.07. The molecule has 0 saturated heterocycles. The van der Waals surface area contributed by atoms with E-state index in [0.717, 1.165) is 0 Å². The van der Waals surface area contributed by atoms with E-state index in [1.165, 1.54) is 12.8 Å². The van der Waals surface area contributed by atoms with Crippen molar-refractivity contribution < 1.29 is 5.11 Å². The van der Waals surface area contributed by atoms with Gasteiger partial charge in [0.05, 0.1) is 0 Å². The lowest BCUT2D eigenvalue weighted by molar-refractivity contribution is 0.318. The summed E-state index contributed by atoms with van der Waals surface area (Å²) in [5.74, 6) is 0. The SMILES string of the molecule is CCCC.CCO.CNC. The molecular weight excluding hydrogens is 126 g/mol. The molecule has 2 nitrogen and oxygen atoms in total. The summed E-state index contributed by atoms with van der Waals surface area (Å²) < 4.78 is 0. The second-order valence-electron chi connectivity index (χ2n) is 1.82. The highest BCUT2D eigenvalue weighted by Gasteiger charge is 1.56. The van der Waals surface area contributed by atoms with Gasteiger partial charge in [0.1, 0.15) is 0 Å². The molecule has 0 saturated carbocycles. The van der Waals surface area contributed by atoms with Crippen molar-refractivity contribution in [2.75, 3.05) is 20.7 Å². The zero-order chi connectivity index (χ0) is 8.83. The molecule has 0 fully saturated rings. The Kier molecular flexibility index (Phi) is 60.0. The van der Waals surface area contributed by atoms with Crippen molar-refractivity contribution in [3.05, 3.63) is 0 Å². The molecule has 0 aromatic carbocycles. The molecule has 0 radical (unpaired) electrons. The van der Waals surface area contributed by atoms with Gasteiger partial charge in [-0.15, -0.1) is 0 Å². The van der Waals surface area contributed by atoms with Gasteiger partial charge in [0.25, 0.3) is 0 Å².